The number of phosphoric acid groups is 2. The third-order valence-electron chi connectivity index (χ3n) is 14.9. The van der Waals surface area contributed by atoms with Gasteiger partial charge in [0.15, 0.2) is 12.2 Å². The average molecular weight is 1230 g/mol. The van der Waals surface area contributed by atoms with Crippen LogP contribution in [-0.2, 0) is 65.4 Å². The lowest BCUT2D eigenvalue weighted by Gasteiger charge is -2.21. The monoisotopic (exact) mass is 1230 g/mol. The zero-order chi connectivity index (χ0) is 61.2. The Labute approximate surface area is 505 Å². The second-order valence-electron chi connectivity index (χ2n) is 23.2. The molecule has 0 saturated carbocycles. The van der Waals surface area contributed by atoms with Crippen LogP contribution in [0.1, 0.15) is 329 Å². The van der Waals surface area contributed by atoms with Gasteiger partial charge in [0.05, 0.1) is 26.4 Å². The van der Waals surface area contributed by atoms with Gasteiger partial charge in [0.25, 0.3) is 0 Å². The van der Waals surface area contributed by atoms with Crippen molar-refractivity contribution < 1.29 is 80.2 Å². The van der Waals surface area contributed by atoms with Gasteiger partial charge < -0.3 is 33.8 Å². The van der Waals surface area contributed by atoms with Gasteiger partial charge in [-0.3, -0.25) is 37.3 Å². The van der Waals surface area contributed by atoms with Crippen molar-refractivity contribution in [1.29, 1.82) is 0 Å². The molecule has 0 spiro atoms. The highest BCUT2D eigenvalue weighted by atomic mass is 31.2. The second kappa shape index (κ2) is 59.0. The molecule has 0 aromatic rings. The summed E-state index contributed by atoms with van der Waals surface area (Å²) in [5.41, 5.74) is 0. The van der Waals surface area contributed by atoms with Crippen LogP contribution in [0.4, 0.5) is 0 Å². The Bertz CT molecular complexity index is 1600. The number of hydrogen-bond donors (Lipinski definition) is 3. The number of rotatable bonds is 65. The van der Waals surface area contributed by atoms with Gasteiger partial charge >= 0.3 is 39.5 Å². The second-order valence-corrected chi connectivity index (χ2v) is 26.1. The van der Waals surface area contributed by atoms with Crippen LogP contribution >= 0.6 is 15.6 Å². The van der Waals surface area contributed by atoms with E-state index in [0.717, 1.165) is 96.3 Å². The largest absolute Gasteiger partial charge is 0.472 e. The van der Waals surface area contributed by atoms with Crippen LogP contribution in [0.5, 0.6) is 0 Å². The molecule has 0 aromatic heterocycles. The molecular weight excluding hydrogens is 1100 g/mol. The van der Waals surface area contributed by atoms with E-state index < -0.39 is 97.5 Å². The van der Waals surface area contributed by atoms with Crippen LogP contribution in [-0.4, -0.2) is 96.7 Å². The maximum Gasteiger partial charge on any atom is 0.472 e. The molecule has 17 nitrogen and oxygen atoms in total. The van der Waals surface area contributed by atoms with E-state index >= 15 is 0 Å². The smallest absolute Gasteiger partial charge is 0.462 e. The first-order valence-corrected chi connectivity index (χ1v) is 36.8. The standard InChI is InChI=1S/C64H124O17P2/c1-5-9-13-17-21-25-28-30-32-35-39-43-47-51-64(69)81-60(55-75-62(67)49-45-41-37-34-31-29-26-22-18-14-10-6-2)57-79-83(72,73)77-53-58(65)52-76-82(70,71)78-56-59(54-74-61(66)48-44-40-36-24-20-16-12-8-4)80-63(68)50-46-42-38-33-27-23-19-15-11-7-3/h58-60,65H,5-57H2,1-4H3,(H,70,71)(H,72,73)/t58-,59+,60+/m0/s1. The summed E-state index contributed by atoms with van der Waals surface area (Å²) in [6.07, 6.45) is 44.3. The Morgan fingerprint density at radius 2 is 0.482 bits per heavy atom. The van der Waals surface area contributed by atoms with E-state index in [-0.39, 0.29) is 25.7 Å². The SMILES string of the molecule is CCCCCCCCCCCCCCCC(=O)O[C@H](COC(=O)CCCCCCCCCCCCCC)COP(=O)(O)OC[C@@H](O)COP(=O)(O)OC[C@@H](COC(=O)CCCCCCCCCC)OC(=O)CCCCCCCCCCCC. The van der Waals surface area contributed by atoms with Crippen molar-refractivity contribution in [1.82, 2.24) is 0 Å². The van der Waals surface area contributed by atoms with Crippen LogP contribution in [0.2, 0.25) is 0 Å². The Morgan fingerprint density at radius 3 is 0.711 bits per heavy atom. The number of hydrogen-bond acceptors (Lipinski definition) is 15. The molecule has 0 radical (unpaired) electrons. The maximum atomic E-state index is 13.0. The molecule has 2 unspecified atom stereocenters. The molecule has 83 heavy (non-hydrogen) atoms. The van der Waals surface area contributed by atoms with Crippen molar-refractivity contribution in [2.24, 2.45) is 0 Å². The Kier molecular flexibility index (Phi) is 57.7. The molecular formula is C64H124O17P2. The number of esters is 4. The van der Waals surface area contributed by atoms with Crippen LogP contribution in [0.3, 0.4) is 0 Å². The van der Waals surface area contributed by atoms with Crippen molar-refractivity contribution in [3.05, 3.63) is 0 Å². The highest BCUT2D eigenvalue weighted by Gasteiger charge is 2.30. The van der Waals surface area contributed by atoms with E-state index in [1.54, 1.807) is 0 Å². The molecule has 0 aliphatic heterocycles. The van der Waals surface area contributed by atoms with Crippen molar-refractivity contribution in [3.8, 4) is 0 Å². The first-order chi connectivity index (χ1) is 40.2. The van der Waals surface area contributed by atoms with Crippen LogP contribution in [0.15, 0.2) is 0 Å². The van der Waals surface area contributed by atoms with E-state index in [1.165, 1.54) is 154 Å². The fraction of sp³-hybridized carbons (Fsp3) is 0.938. The molecule has 0 aromatic carbocycles. The minimum absolute atomic E-state index is 0.107. The number of aliphatic hydroxyl groups is 1. The molecule has 0 bridgehead atoms. The van der Waals surface area contributed by atoms with E-state index in [0.29, 0.717) is 25.7 Å². The van der Waals surface area contributed by atoms with Gasteiger partial charge in [-0.2, -0.15) is 0 Å². The molecule has 0 amide bonds. The van der Waals surface area contributed by atoms with Gasteiger partial charge in [-0.1, -0.05) is 278 Å². The molecule has 0 saturated heterocycles. The van der Waals surface area contributed by atoms with Gasteiger partial charge in [-0.05, 0) is 25.7 Å². The summed E-state index contributed by atoms with van der Waals surface area (Å²) < 4.78 is 67.9. The molecule has 0 rings (SSSR count). The van der Waals surface area contributed by atoms with E-state index in [1.807, 2.05) is 0 Å². The highest BCUT2D eigenvalue weighted by Crippen LogP contribution is 2.45. The van der Waals surface area contributed by atoms with Crippen LogP contribution in [0, 0.1) is 0 Å². The number of carbonyl (C=O) groups is 4. The molecule has 19 heteroatoms. The third kappa shape index (κ3) is 58.8. The average Bonchev–Trinajstić information content (AvgIpc) is 3.47. The topological polar surface area (TPSA) is 237 Å². The van der Waals surface area contributed by atoms with Crippen molar-refractivity contribution in [2.75, 3.05) is 39.6 Å². The number of ether oxygens (including phenoxy) is 4. The fourth-order valence-electron chi connectivity index (χ4n) is 9.63. The molecule has 3 N–H and O–H groups in total. The number of phosphoric ester groups is 2. The Balaban J connectivity index is 5.22. The maximum absolute atomic E-state index is 13.0. The zero-order valence-electron chi connectivity index (χ0n) is 53.2. The predicted octanol–water partition coefficient (Wildman–Crippen LogP) is 17.9. The summed E-state index contributed by atoms with van der Waals surface area (Å²) in [6.45, 7) is 4.87. The lowest BCUT2D eigenvalue weighted by molar-refractivity contribution is -0.161. The summed E-state index contributed by atoms with van der Waals surface area (Å²) >= 11 is 0. The van der Waals surface area contributed by atoms with Crippen molar-refractivity contribution >= 4 is 39.5 Å². The first kappa shape index (κ1) is 81.1. The lowest BCUT2D eigenvalue weighted by Crippen LogP contribution is -2.30. The summed E-state index contributed by atoms with van der Waals surface area (Å²) in [5, 5.41) is 10.5. The normalized spacial score (nSPS) is 14.2. The summed E-state index contributed by atoms with van der Waals surface area (Å²) in [7, 11) is -9.88. The van der Waals surface area contributed by atoms with Crippen molar-refractivity contribution in [3.63, 3.8) is 0 Å². The van der Waals surface area contributed by atoms with Gasteiger partial charge in [-0.25, -0.2) is 9.13 Å². The zero-order valence-corrected chi connectivity index (χ0v) is 54.9. The number of unbranched alkanes of at least 4 members (excludes halogenated alkanes) is 39. The molecule has 0 fully saturated rings. The minimum atomic E-state index is -4.94. The molecule has 0 aliphatic carbocycles. The van der Waals surface area contributed by atoms with Gasteiger partial charge in [0, 0.05) is 25.7 Å². The molecule has 0 heterocycles. The van der Waals surface area contributed by atoms with Gasteiger partial charge in [0.2, 0.25) is 0 Å². The fourth-order valence-corrected chi connectivity index (χ4v) is 11.2. The Hall–Kier alpha value is -1.94. The van der Waals surface area contributed by atoms with Gasteiger partial charge in [-0.15, -0.1) is 0 Å². The quantitative estimate of drug-likeness (QED) is 0.0222. The van der Waals surface area contributed by atoms with E-state index in [9.17, 15) is 43.2 Å². The minimum Gasteiger partial charge on any atom is -0.462 e. The third-order valence-corrected chi connectivity index (χ3v) is 16.8. The summed E-state index contributed by atoms with van der Waals surface area (Å²) in [6, 6.07) is 0. The van der Waals surface area contributed by atoms with E-state index in [2.05, 4.69) is 27.7 Å². The first-order valence-electron chi connectivity index (χ1n) is 33.8. The summed E-state index contributed by atoms with van der Waals surface area (Å²) in [4.78, 5) is 72.1. The number of carbonyl (C=O) groups excluding carboxylic acids is 4. The lowest BCUT2D eigenvalue weighted by atomic mass is 10.0. The molecule has 5 atom stereocenters. The Morgan fingerprint density at radius 1 is 0.289 bits per heavy atom. The molecule has 0 aliphatic rings. The summed E-state index contributed by atoms with van der Waals surface area (Å²) in [5.74, 6) is -2.13. The predicted molar refractivity (Wildman–Crippen MR) is 331 cm³/mol. The van der Waals surface area contributed by atoms with E-state index in [4.69, 9.17) is 37.0 Å². The number of aliphatic hydroxyl groups excluding tert-OH is 1. The van der Waals surface area contributed by atoms with Crippen LogP contribution < -0.4 is 0 Å². The molecule has 492 valence electrons. The van der Waals surface area contributed by atoms with Crippen molar-refractivity contribution in [2.45, 2.75) is 348 Å². The van der Waals surface area contributed by atoms with Gasteiger partial charge in [0.1, 0.15) is 19.3 Å². The van der Waals surface area contributed by atoms with Crippen LogP contribution in [0.25, 0.3) is 0 Å². The highest BCUT2D eigenvalue weighted by molar-refractivity contribution is 7.47.